The van der Waals surface area contributed by atoms with Crippen LogP contribution in [-0.4, -0.2) is 16.1 Å². The number of hydrogen-bond donors (Lipinski definition) is 1. The molecule has 0 fully saturated rings. The van der Waals surface area contributed by atoms with Gasteiger partial charge in [0.25, 0.3) is 11.8 Å². The molecule has 0 atom stereocenters. The molecule has 0 aliphatic carbocycles. The van der Waals surface area contributed by atoms with Crippen LogP contribution in [0.5, 0.6) is 0 Å². The molecular weight excluding hydrogens is 433 g/mol. The van der Waals surface area contributed by atoms with Crippen molar-refractivity contribution in [3.05, 3.63) is 102 Å². The van der Waals surface area contributed by atoms with Crippen LogP contribution < -0.4 is 5.32 Å². The Kier molecular flexibility index (Phi) is 5.74. The first-order valence-corrected chi connectivity index (χ1v) is 10.8. The molecule has 2 heterocycles. The monoisotopic (exact) mass is 453 g/mol. The summed E-state index contributed by atoms with van der Waals surface area (Å²) in [7, 11) is 0. The van der Waals surface area contributed by atoms with Crippen molar-refractivity contribution in [3.8, 4) is 33.9 Å². The van der Waals surface area contributed by atoms with Crippen molar-refractivity contribution in [2.45, 2.75) is 13.3 Å². The molecule has 1 amide bonds. The number of carbonyl (C=O) groups excluding carboxylic acids is 1. The molecule has 0 saturated heterocycles. The van der Waals surface area contributed by atoms with E-state index in [2.05, 4.69) is 46.7 Å². The molecule has 3 aromatic carbocycles. The summed E-state index contributed by atoms with van der Waals surface area (Å²) in [6.07, 6.45) is 2.47. The van der Waals surface area contributed by atoms with Gasteiger partial charge in [0.1, 0.15) is 5.82 Å². The van der Waals surface area contributed by atoms with Crippen molar-refractivity contribution in [2.75, 3.05) is 5.32 Å². The highest BCUT2D eigenvalue weighted by Gasteiger charge is 2.16. The van der Waals surface area contributed by atoms with Gasteiger partial charge in [-0.2, -0.15) is 0 Å². The molecule has 5 rings (SSSR count). The van der Waals surface area contributed by atoms with Crippen LogP contribution in [-0.2, 0) is 6.42 Å². The topological polar surface area (TPSA) is 81.2 Å². The zero-order valence-electron chi connectivity index (χ0n) is 18.3. The van der Waals surface area contributed by atoms with Gasteiger partial charge in [-0.3, -0.25) is 10.1 Å². The summed E-state index contributed by atoms with van der Waals surface area (Å²) in [5.41, 5.74) is 4.96. The summed E-state index contributed by atoms with van der Waals surface area (Å²) in [4.78, 5) is 12.7. The van der Waals surface area contributed by atoms with Crippen LogP contribution >= 0.6 is 0 Å². The Bertz CT molecular complexity index is 1420. The maximum atomic E-state index is 14.4. The fourth-order valence-electron chi connectivity index (χ4n) is 3.62. The standard InChI is InChI=1S/C27H20FN3O3/c1-2-17-5-7-18(8-6-17)19-9-11-20(12-10-19)21-14-22(16-23(28)15-21)25(32)29-27-31-30-26(34-27)24-4-3-13-33-24/h3-16H,2H2,1H3,(H,29,31,32). The SMILES string of the molecule is CCc1ccc(-c2ccc(-c3cc(F)cc(C(=O)Nc4nnc(-c5ccco5)o4)c3)cc2)cc1. The third kappa shape index (κ3) is 4.49. The molecule has 5 aromatic rings. The Hall–Kier alpha value is -4.52. The minimum atomic E-state index is -0.567. The van der Waals surface area contributed by atoms with Crippen molar-refractivity contribution in [2.24, 2.45) is 0 Å². The number of nitrogens with zero attached hydrogens (tertiary/aromatic N) is 2. The minimum absolute atomic E-state index is 0.111. The van der Waals surface area contributed by atoms with Crippen LogP contribution in [0.4, 0.5) is 10.4 Å². The second kappa shape index (κ2) is 9.15. The number of rotatable bonds is 6. The molecular formula is C27H20FN3O3. The molecule has 0 aliphatic heterocycles. The van der Waals surface area contributed by atoms with E-state index in [9.17, 15) is 9.18 Å². The van der Waals surface area contributed by atoms with Gasteiger partial charge in [-0.1, -0.05) is 60.6 Å². The molecule has 0 aliphatic rings. The van der Waals surface area contributed by atoms with Gasteiger partial charge in [0.15, 0.2) is 5.76 Å². The number of hydrogen-bond acceptors (Lipinski definition) is 5. The molecule has 7 heteroatoms. The van der Waals surface area contributed by atoms with Gasteiger partial charge in [0.2, 0.25) is 0 Å². The summed E-state index contributed by atoms with van der Waals surface area (Å²) >= 11 is 0. The average molecular weight is 453 g/mol. The molecule has 0 radical (unpaired) electrons. The van der Waals surface area contributed by atoms with Gasteiger partial charge in [0, 0.05) is 5.56 Å². The summed E-state index contributed by atoms with van der Waals surface area (Å²) in [6.45, 7) is 2.12. The lowest BCUT2D eigenvalue weighted by molar-refractivity contribution is 0.102. The molecule has 0 unspecified atom stereocenters. The van der Waals surface area contributed by atoms with Gasteiger partial charge < -0.3 is 8.83 Å². The molecule has 0 spiro atoms. The molecule has 2 aromatic heterocycles. The van der Waals surface area contributed by atoms with Gasteiger partial charge >= 0.3 is 6.01 Å². The highest BCUT2D eigenvalue weighted by atomic mass is 19.1. The van der Waals surface area contributed by atoms with Crippen LogP contribution in [0.15, 0.2) is 94.0 Å². The van der Waals surface area contributed by atoms with Crippen molar-refractivity contribution >= 4 is 11.9 Å². The molecule has 6 nitrogen and oxygen atoms in total. The number of anilines is 1. The Morgan fingerprint density at radius 1 is 0.882 bits per heavy atom. The first-order chi connectivity index (χ1) is 16.6. The Morgan fingerprint density at radius 2 is 1.56 bits per heavy atom. The Balaban J connectivity index is 1.35. The third-order valence-electron chi connectivity index (χ3n) is 5.45. The number of carbonyl (C=O) groups is 1. The van der Waals surface area contributed by atoms with E-state index in [0.717, 1.165) is 29.2 Å². The second-order valence-corrected chi connectivity index (χ2v) is 7.70. The fraction of sp³-hybridized carbons (Fsp3) is 0.0741. The third-order valence-corrected chi connectivity index (χ3v) is 5.45. The molecule has 34 heavy (non-hydrogen) atoms. The largest absolute Gasteiger partial charge is 0.459 e. The smallest absolute Gasteiger partial charge is 0.322 e. The zero-order chi connectivity index (χ0) is 23.5. The molecule has 0 saturated carbocycles. The van der Waals surface area contributed by atoms with Crippen LogP contribution in [0.3, 0.4) is 0 Å². The number of aromatic nitrogens is 2. The van der Waals surface area contributed by atoms with Crippen LogP contribution in [0.2, 0.25) is 0 Å². The number of furan rings is 1. The highest BCUT2D eigenvalue weighted by molar-refractivity contribution is 6.04. The maximum absolute atomic E-state index is 14.4. The van der Waals surface area contributed by atoms with E-state index in [0.29, 0.717) is 11.3 Å². The number of aryl methyl sites for hydroxylation is 1. The average Bonchev–Trinajstić information content (AvgIpc) is 3.56. The first kappa shape index (κ1) is 21.3. The van der Waals surface area contributed by atoms with E-state index in [1.807, 2.05) is 24.3 Å². The fourth-order valence-corrected chi connectivity index (χ4v) is 3.62. The molecule has 0 bridgehead atoms. The maximum Gasteiger partial charge on any atom is 0.322 e. The lowest BCUT2D eigenvalue weighted by atomic mass is 9.98. The van der Waals surface area contributed by atoms with E-state index in [4.69, 9.17) is 8.83 Å². The van der Waals surface area contributed by atoms with E-state index in [1.54, 1.807) is 18.2 Å². The normalized spacial score (nSPS) is 10.9. The van der Waals surface area contributed by atoms with Gasteiger partial charge in [-0.05, 0) is 64.6 Å². The predicted octanol–water partition coefficient (Wildman–Crippen LogP) is 6.62. The number of nitrogens with one attached hydrogen (secondary N) is 1. The lowest BCUT2D eigenvalue weighted by Gasteiger charge is -2.08. The van der Waals surface area contributed by atoms with Crippen molar-refractivity contribution in [3.63, 3.8) is 0 Å². The summed E-state index contributed by atoms with van der Waals surface area (Å²) in [5.74, 6) is -0.581. The van der Waals surface area contributed by atoms with Crippen LogP contribution in [0, 0.1) is 5.82 Å². The van der Waals surface area contributed by atoms with E-state index >= 15 is 0 Å². The van der Waals surface area contributed by atoms with Crippen LogP contribution in [0.25, 0.3) is 33.9 Å². The summed E-state index contributed by atoms with van der Waals surface area (Å²) in [5, 5.41) is 10.1. The highest BCUT2D eigenvalue weighted by Crippen LogP contribution is 2.27. The second-order valence-electron chi connectivity index (χ2n) is 7.70. The summed E-state index contributed by atoms with van der Waals surface area (Å²) < 4.78 is 25.0. The zero-order valence-corrected chi connectivity index (χ0v) is 18.3. The minimum Gasteiger partial charge on any atom is -0.459 e. The predicted molar refractivity (Wildman–Crippen MR) is 127 cm³/mol. The molecule has 168 valence electrons. The number of halogens is 1. The van der Waals surface area contributed by atoms with E-state index in [-0.39, 0.29) is 17.5 Å². The van der Waals surface area contributed by atoms with Gasteiger partial charge in [-0.15, -0.1) is 5.10 Å². The number of amides is 1. The van der Waals surface area contributed by atoms with E-state index < -0.39 is 11.7 Å². The van der Waals surface area contributed by atoms with Gasteiger partial charge in [-0.25, -0.2) is 4.39 Å². The first-order valence-electron chi connectivity index (χ1n) is 10.8. The van der Waals surface area contributed by atoms with Crippen molar-refractivity contribution in [1.82, 2.24) is 10.2 Å². The van der Waals surface area contributed by atoms with Gasteiger partial charge in [0.05, 0.1) is 6.26 Å². The van der Waals surface area contributed by atoms with Crippen LogP contribution in [0.1, 0.15) is 22.8 Å². The Morgan fingerprint density at radius 3 is 2.21 bits per heavy atom. The quantitative estimate of drug-likeness (QED) is 0.313. The van der Waals surface area contributed by atoms with Crippen molar-refractivity contribution in [1.29, 1.82) is 0 Å². The van der Waals surface area contributed by atoms with Crippen molar-refractivity contribution < 1.29 is 18.0 Å². The van der Waals surface area contributed by atoms with E-state index in [1.165, 1.54) is 17.9 Å². The number of benzene rings is 3. The lowest BCUT2D eigenvalue weighted by Crippen LogP contribution is -2.12. The molecule has 1 N–H and O–H groups in total. The summed E-state index contributed by atoms with van der Waals surface area (Å²) in [6, 6.07) is 23.6. The Labute approximate surface area is 195 Å².